The first-order valence-corrected chi connectivity index (χ1v) is 4.54. The number of hydrogen-bond acceptors (Lipinski definition) is 3. The number of carbonyl (C=O) groups excluding carboxylic acids is 1. The van der Waals surface area contributed by atoms with E-state index in [1.54, 1.807) is 25.3 Å². The van der Waals surface area contributed by atoms with Crippen LogP contribution >= 0.6 is 0 Å². The zero-order valence-corrected chi connectivity index (χ0v) is 8.69. The van der Waals surface area contributed by atoms with Crippen molar-refractivity contribution in [1.29, 1.82) is 0 Å². The fraction of sp³-hybridized carbons (Fsp3) is 0.167. The second-order valence-electron chi connectivity index (χ2n) is 3.11. The zero-order chi connectivity index (χ0) is 11.3. The summed E-state index contributed by atoms with van der Waals surface area (Å²) in [5.41, 5.74) is 1.95. The second-order valence-corrected chi connectivity index (χ2v) is 3.11. The topological polar surface area (TPSA) is 39.2 Å². The molecule has 78 valence electrons. The lowest BCUT2D eigenvalue weighted by Crippen LogP contribution is -2.06. The van der Waals surface area contributed by atoms with E-state index in [0.717, 1.165) is 11.3 Å². The Hall–Kier alpha value is -1.90. The Morgan fingerprint density at radius 1 is 1.67 bits per heavy atom. The van der Waals surface area contributed by atoms with Gasteiger partial charge in [-0.3, -0.25) is 4.98 Å². The molecular formula is C12H13NO2. The summed E-state index contributed by atoms with van der Waals surface area (Å²) in [5.74, 6) is -0.395. The molecule has 3 nitrogen and oxygen atoms in total. The van der Waals surface area contributed by atoms with E-state index in [0.29, 0.717) is 5.57 Å². The minimum absolute atomic E-state index is 0.195. The molecule has 0 bridgehead atoms. The highest BCUT2D eigenvalue weighted by molar-refractivity contribution is 5.86. The first-order chi connectivity index (χ1) is 7.15. The molecule has 0 saturated heterocycles. The number of hydrogen-bond donors (Lipinski definition) is 0. The van der Waals surface area contributed by atoms with Crippen LogP contribution in [0.1, 0.15) is 18.2 Å². The van der Waals surface area contributed by atoms with Crippen LogP contribution in [0.5, 0.6) is 0 Å². The van der Waals surface area contributed by atoms with Gasteiger partial charge in [0.15, 0.2) is 0 Å². The molecule has 0 spiro atoms. The molecule has 0 fully saturated rings. The van der Waals surface area contributed by atoms with Gasteiger partial charge in [0.25, 0.3) is 0 Å². The summed E-state index contributed by atoms with van der Waals surface area (Å²) in [7, 11) is 0. The Labute approximate surface area is 89.1 Å². The van der Waals surface area contributed by atoms with Crippen molar-refractivity contribution in [3.8, 4) is 0 Å². The van der Waals surface area contributed by atoms with Crippen molar-refractivity contribution in [2.24, 2.45) is 0 Å². The van der Waals surface area contributed by atoms with Crippen LogP contribution in [0, 0.1) is 0 Å². The molecule has 1 heterocycles. The van der Waals surface area contributed by atoms with Crippen molar-refractivity contribution < 1.29 is 9.53 Å². The summed E-state index contributed by atoms with van der Waals surface area (Å²) in [5, 5.41) is 0. The van der Waals surface area contributed by atoms with Crippen molar-refractivity contribution >= 4 is 12.0 Å². The molecule has 1 aromatic heterocycles. The summed E-state index contributed by atoms with van der Waals surface area (Å²) >= 11 is 0. The maximum Gasteiger partial charge on any atom is 0.333 e. The molecule has 0 unspecified atom stereocenters. The number of ether oxygens (including phenoxy) is 1. The van der Waals surface area contributed by atoms with Gasteiger partial charge in [-0.25, -0.2) is 4.79 Å². The SMILES string of the molecule is C=Cc1ncccc1COC(=O)C(=C)C. The Kier molecular flexibility index (Phi) is 3.80. The van der Waals surface area contributed by atoms with E-state index in [1.807, 2.05) is 6.07 Å². The van der Waals surface area contributed by atoms with Gasteiger partial charge < -0.3 is 4.74 Å². The molecule has 0 atom stereocenters. The van der Waals surface area contributed by atoms with Gasteiger partial charge >= 0.3 is 5.97 Å². The average Bonchev–Trinajstić information content (AvgIpc) is 2.26. The number of carbonyl (C=O) groups is 1. The third-order valence-corrected chi connectivity index (χ3v) is 1.83. The monoisotopic (exact) mass is 203 g/mol. The van der Waals surface area contributed by atoms with Crippen molar-refractivity contribution in [3.63, 3.8) is 0 Å². The van der Waals surface area contributed by atoms with Crippen molar-refractivity contribution in [3.05, 3.63) is 48.3 Å². The molecule has 1 aromatic rings. The fourth-order valence-corrected chi connectivity index (χ4v) is 1.02. The molecule has 0 aliphatic rings. The van der Waals surface area contributed by atoms with Crippen molar-refractivity contribution in [1.82, 2.24) is 4.98 Å². The molecule has 0 N–H and O–H groups in total. The summed E-state index contributed by atoms with van der Waals surface area (Å²) in [6.45, 7) is 8.94. The van der Waals surface area contributed by atoms with E-state index in [-0.39, 0.29) is 6.61 Å². The Bertz CT molecular complexity index is 396. The summed E-state index contributed by atoms with van der Waals surface area (Å²) in [4.78, 5) is 15.2. The van der Waals surface area contributed by atoms with Gasteiger partial charge in [0, 0.05) is 17.3 Å². The summed E-state index contributed by atoms with van der Waals surface area (Å²) in [6.07, 6.45) is 3.30. The van der Waals surface area contributed by atoms with Gasteiger partial charge in [0.2, 0.25) is 0 Å². The van der Waals surface area contributed by atoms with E-state index in [4.69, 9.17) is 4.74 Å². The van der Waals surface area contributed by atoms with Crippen LogP contribution < -0.4 is 0 Å². The van der Waals surface area contributed by atoms with Gasteiger partial charge in [0.05, 0.1) is 5.69 Å². The number of pyridine rings is 1. The first kappa shape index (κ1) is 11.2. The predicted molar refractivity (Wildman–Crippen MR) is 58.9 cm³/mol. The minimum atomic E-state index is -0.395. The minimum Gasteiger partial charge on any atom is -0.457 e. The van der Waals surface area contributed by atoms with Crippen LogP contribution in [0.15, 0.2) is 37.1 Å². The Morgan fingerprint density at radius 2 is 2.40 bits per heavy atom. The first-order valence-electron chi connectivity index (χ1n) is 4.54. The largest absolute Gasteiger partial charge is 0.457 e. The predicted octanol–water partition coefficient (Wildman–Crippen LogP) is 2.34. The fourth-order valence-electron chi connectivity index (χ4n) is 1.02. The van der Waals surface area contributed by atoms with Gasteiger partial charge in [-0.2, -0.15) is 0 Å². The molecule has 3 heteroatoms. The molecule has 0 radical (unpaired) electrons. The smallest absolute Gasteiger partial charge is 0.333 e. The zero-order valence-electron chi connectivity index (χ0n) is 8.69. The van der Waals surface area contributed by atoms with E-state index >= 15 is 0 Å². The maximum absolute atomic E-state index is 11.1. The Balaban J connectivity index is 2.69. The van der Waals surface area contributed by atoms with Crippen LogP contribution in [0.4, 0.5) is 0 Å². The lowest BCUT2D eigenvalue weighted by Gasteiger charge is -2.06. The highest BCUT2D eigenvalue weighted by Crippen LogP contribution is 2.09. The Morgan fingerprint density at radius 3 is 3.00 bits per heavy atom. The third kappa shape index (κ3) is 3.06. The quantitative estimate of drug-likeness (QED) is 0.557. The molecule has 0 amide bonds. The molecule has 15 heavy (non-hydrogen) atoms. The van der Waals surface area contributed by atoms with Crippen LogP contribution in [0.2, 0.25) is 0 Å². The van der Waals surface area contributed by atoms with E-state index < -0.39 is 5.97 Å². The van der Waals surface area contributed by atoms with Gasteiger partial charge in [-0.05, 0) is 19.1 Å². The van der Waals surface area contributed by atoms with Gasteiger partial charge in [0.1, 0.15) is 6.61 Å². The number of esters is 1. The van der Waals surface area contributed by atoms with E-state index in [2.05, 4.69) is 18.1 Å². The number of nitrogens with zero attached hydrogens (tertiary/aromatic N) is 1. The molecule has 0 saturated carbocycles. The lowest BCUT2D eigenvalue weighted by molar-refractivity contribution is -0.140. The highest BCUT2D eigenvalue weighted by atomic mass is 16.5. The summed E-state index contributed by atoms with van der Waals surface area (Å²) in [6, 6.07) is 3.63. The maximum atomic E-state index is 11.1. The molecular weight excluding hydrogens is 190 g/mol. The van der Waals surface area contributed by atoms with Crippen LogP contribution in [0.3, 0.4) is 0 Å². The van der Waals surface area contributed by atoms with Crippen LogP contribution in [0.25, 0.3) is 6.08 Å². The van der Waals surface area contributed by atoms with Crippen molar-refractivity contribution in [2.75, 3.05) is 0 Å². The van der Waals surface area contributed by atoms with E-state index in [1.165, 1.54) is 0 Å². The number of aromatic nitrogens is 1. The molecule has 1 rings (SSSR count). The molecule has 0 aliphatic carbocycles. The standard InChI is InChI=1S/C12H13NO2/c1-4-11-10(6-5-7-13-11)8-15-12(14)9(2)3/h4-7H,1-2,8H2,3H3. The normalized spacial score (nSPS) is 9.40. The molecule has 0 aliphatic heterocycles. The summed E-state index contributed by atoms with van der Waals surface area (Å²) < 4.78 is 5.01. The van der Waals surface area contributed by atoms with Crippen LogP contribution in [-0.4, -0.2) is 11.0 Å². The highest BCUT2D eigenvalue weighted by Gasteiger charge is 2.05. The lowest BCUT2D eigenvalue weighted by atomic mass is 10.2. The molecule has 0 aromatic carbocycles. The van der Waals surface area contributed by atoms with Crippen LogP contribution in [-0.2, 0) is 16.1 Å². The average molecular weight is 203 g/mol. The van der Waals surface area contributed by atoms with E-state index in [9.17, 15) is 4.79 Å². The van der Waals surface area contributed by atoms with Gasteiger partial charge in [-0.15, -0.1) is 0 Å². The second kappa shape index (κ2) is 5.10. The number of rotatable bonds is 4. The van der Waals surface area contributed by atoms with Gasteiger partial charge in [-0.1, -0.05) is 19.2 Å². The third-order valence-electron chi connectivity index (χ3n) is 1.83. The van der Waals surface area contributed by atoms with Crippen molar-refractivity contribution in [2.45, 2.75) is 13.5 Å².